The average molecular weight is 582 g/mol. The number of benzene rings is 4. The number of fused-ring (bicyclic) bond motifs is 1. The molecule has 0 aromatic heterocycles. The summed E-state index contributed by atoms with van der Waals surface area (Å²) in [5.74, 6) is -1.26. The molecular formula is C25H18Cl2N3NaO6S. The van der Waals surface area contributed by atoms with Gasteiger partial charge in [0.05, 0.1) is 22.8 Å². The van der Waals surface area contributed by atoms with Crippen LogP contribution in [0.1, 0.15) is 15.9 Å². The molecular weight excluding hydrogens is 564 g/mol. The van der Waals surface area contributed by atoms with Crippen LogP contribution in [-0.2, 0) is 10.1 Å². The third-order valence-electron chi connectivity index (χ3n) is 5.35. The fourth-order valence-electron chi connectivity index (χ4n) is 3.65. The van der Waals surface area contributed by atoms with Crippen molar-refractivity contribution in [3.63, 3.8) is 0 Å². The van der Waals surface area contributed by atoms with Crippen molar-refractivity contribution in [1.29, 1.82) is 0 Å². The second-order valence-corrected chi connectivity index (χ2v) is 10.1. The number of carbonyl (C=O) groups excluding carboxylic acids is 1. The molecule has 4 rings (SSSR count). The van der Waals surface area contributed by atoms with Crippen molar-refractivity contribution in [3.8, 4) is 11.5 Å². The van der Waals surface area contributed by atoms with Crippen LogP contribution in [-0.4, -0.2) is 26.0 Å². The zero-order valence-electron chi connectivity index (χ0n) is 20.3. The van der Waals surface area contributed by atoms with E-state index in [0.717, 1.165) is 0 Å². The normalized spacial score (nSPS) is 11.4. The Morgan fingerprint density at radius 2 is 1.68 bits per heavy atom. The molecule has 0 bridgehead atoms. The van der Waals surface area contributed by atoms with E-state index in [-0.39, 0.29) is 62.2 Å². The summed E-state index contributed by atoms with van der Waals surface area (Å²) in [5.41, 5.74) is -0.210. The first-order valence-electron chi connectivity index (χ1n) is 10.6. The van der Waals surface area contributed by atoms with Crippen molar-refractivity contribution in [3.05, 3.63) is 81.8 Å². The molecule has 190 valence electrons. The van der Waals surface area contributed by atoms with Gasteiger partial charge in [0.2, 0.25) is 0 Å². The number of aryl methyl sites for hydroxylation is 1. The van der Waals surface area contributed by atoms with E-state index in [1.54, 1.807) is 49.4 Å². The topological polar surface area (TPSA) is 140 Å². The molecule has 38 heavy (non-hydrogen) atoms. The van der Waals surface area contributed by atoms with E-state index >= 15 is 0 Å². The maximum atomic E-state index is 13.4. The summed E-state index contributed by atoms with van der Waals surface area (Å²) in [6.45, 7) is 1.58. The van der Waals surface area contributed by atoms with Crippen molar-refractivity contribution in [1.82, 2.24) is 0 Å². The second kappa shape index (κ2) is 12.0. The van der Waals surface area contributed by atoms with E-state index in [9.17, 15) is 22.9 Å². The summed E-state index contributed by atoms with van der Waals surface area (Å²) in [4.78, 5) is 12.6. The molecule has 2 N–H and O–H groups in total. The Balaban J connectivity index is 0.00000400. The third-order valence-corrected chi connectivity index (χ3v) is 6.82. The Labute approximate surface area is 250 Å². The van der Waals surface area contributed by atoms with Crippen molar-refractivity contribution in [2.75, 3.05) is 12.4 Å². The maximum absolute atomic E-state index is 13.4. The van der Waals surface area contributed by atoms with Crippen molar-refractivity contribution in [2.45, 2.75) is 11.8 Å². The van der Waals surface area contributed by atoms with E-state index < -0.39 is 26.7 Å². The molecule has 1 amide bonds. The zero-order chi connectivity index (χ0) is 26.9. The molecule has 0 saturated heterocycles. The zero-order valence-corrected chi connectivity index (χ0v) is 24.6. The molecule has 0 atom stereocenters. The van der Waals surface area contributed by atoms with Gasteiger partial charge in [0.25, 0.3) is 16.0 Å². The van der Waals surface area contributed by atoms with Crippen LogP contribution in [0.4, 0.5) is 17.1 Å². The predicted molar refractivity (Wildman–Crippen MR) is 140 cm³/mol. The largest absolute Gasteiger partial charge is 1.00 e. The van der Waals surface area contributed by atoms with Crippen LogP contribution in [0.25, 0.3) is 10.8 Å². The fourth-order valence-corrected chi connectivity index (χ4v) is 4.96. The molecule has 0 heterocycles. The molecule has 0 aliphatic carbocycles. The first-order valence-corrected chi connectivity index (χ1v) is 12.8. The van der Waals surface area contributed by atoms with Crippen LogP contribution >= 0.6 is 23.2 Å². The Kier molecular flexibility index (Phi) is 9.43. The van der Waals surface area contributed by atoms with Gasteiger partial charge in [-0.2, -0.15) is 13.5 Å². The molecule has 0 aliphatic heterocycles. The SMILES string of the molecule is COc1cccc(Cl)c1NC(=O)c1cc2ccccc2c(N=Nc2c(Cl)cc(C)cc2S(=O)(=O)O)c1[O-].[Na+]. The number of para-hydroxylation sites is 1. The first kappa shape index (κ1) is 29.9. The van der Waals surface area contributed by atoms with Crippen LogP contribution in [0.2, 0.25) is 10.0 Å². The molecule has 0 fully saturated rings. The molecule has 9 nitrogen and oxygen atoms in total. The van der Waals surface area contributed by atoms with Gasteiger partial charge >= 0.3 is 29.6 Å². The Morgan fingerprint density at radius 1 is 1.00 bits per heavy atom. The monoisotopic (exact) mass is 581 g/mol. The van der Waals surface area contributed by atoms with E-state index in [2.05, 4.69) is 15.5 Å². The van der Waals surface area contributed by atoms with Gasteiger partial charge < -0.3 is 15.2 Å². The molecule has 4 aromatic rings. The van der Waals surface area contributed by atoms with Crippen LogP contribution < -0.4 is 44.7 Å². The number of hydrogen-bond acceptors (Lipinski definition) is 7. The van der Waals surface area contributed by atoms with Crippen LogP contribution in [0.5, 0.6) is 11.5 Å². The van der Waals surface area contributed by atoms with Gasteiger partial charge in [-0.05, 0) is 48.2 Å². The number of rotatable bonds is 6. The number of amides is 1. The quantitative estimate of drug-likeness (QED) is 0.203. The van der Waals surface area contributed by atoms with Gasteiger partial charge in [0, 0.05) is 10.9 Å². The smallest absolute Gasteiger partial charge is 0.870 e. The Bertz CT molecular complexity index is 1700. The second-order valence-electron chi connectivity index (χ2n) is 7.86. The number of halogens is 2. The van der Waals surface area contributed by atoms with Crippen molar-refractivity contribution < 1.29 is 57.2 Å². The minimum atomic E-state index is -4.71. The van der Waals surface area contributed by atoms with Gasteiger partial charge in [-0.25, -0.2) is 0 Å². The van der Waals surface area contributed by atoms with Crippen molar-refractivity contribution in [2.24, 2.45) is 10.2 Å². The number of nitrogens with zero attached hydrogens (tertiary/aromatic N) is 2. The maximum Gasteiger partial charge on any atom is 1.00 e. The summed E-state index contributed by atoms with van der Waals surface area (Å²) in [6.07, 6.45) is 0. The standard InChI is InChI=1S/C25H19Cl2N3O6S.Na/c1-13-10-18(27)23(20(11-13)37(33,34)35)30-29-21-15-7-4-3-6-14(15)12-16(24(21)31)25(32)28-22-17(26)8-5-9-19(22)36-2;/h3-12,31H,1-2H3,(H,28,32)(H,33,34,35);/q;+1/p-1. The number of ether oxygens (including phenoxy) is 1. The summed E-state index contributed by atoms with van der Waals surface area (Å²) in [7, 11) is -3.30. The van der Waals surface area contributed by atoms with E-state index in [0.29, 0.717) is 22.1 Å². The third kappa shape index (κ3) is 6.13. The van der Waals surface area contributed by atoms with E-state index in [1.165, 1.54) is 25.3 Å². The Hall–Kier alpha value is -2.70. The van der Waals surface area contributed by atoms with Gasteiger partial charge in [-0.15, -0.1) is 5.11 Å². The summed E-state index contributed by atoms with van der Waals surface area (Å²) in [6, 6.07) is 15.4. The number of anilines is 1. The minimum absolute atomic E-state index is 0. The number of nitrogens with one attached hydrogen (secondary N) is 1. The van der Waals surface area contributed by atoms with Gasteiger partial charge in [-0.1, -0.05) is 59.3 Å². The molecule has 0 saturated carbocycles. The van der Waals surface area contributed by atoms with E-state index in [4.69, 9.17) is 27.9 Å². The summed E-state index contributed by atoms with van der Waals surface area (Å²) in [5, 5.41) is 24.9. The Morgan fingerprint density at radius 3 is 2.37 bits per heavy atom. The summed E-state index contributed by atoms with van der Waals surface area (Å²) >= 11 is 12.4. The number of carbonyl (C=O) groups is 1. The molecule has 13 heteroatoms. The number of azo groups is 1. The van der Waals surface area contributed by atoms with E-state index in [1.807, 2.05) is 0 Å². The first-order chi connectivity index (χ1) is 17.5. The molecule has 0 aliphatic rings. The van der Waals surface area contributed by atoms with Crippen LogP contribution in [0.15, 0.2) is 75.8 Å². The molecule has 0 unspecified atom stereocenters. The molecule has 4 aromatic carbocycles. The number of hydrogen-bond donors (Lipinski definition) is 2. The van der Waals surface area contributed by atoms with Gasteiger partial charge in [0.1, 0.15) is 22.0 Å². The number of methoxy groups -OCH3 is 1. The molecule has 0 radical (unpaired) electrons. The predicted octanol–water partition coefficient (Wildman–Crippen LogP) is 3.46. The van der Waals surface area contributed by atoms with Crippen LogP contribution in [0, 0.1) is 6.92 Å². The van der Waals surface area contributed by atoms with Gasteiger partial charge in [0.15, 0.2) is 0 Å². The summed E-state index contributed by atoms with van der Waals surface area (Å²) < 4.78 is 38.7. The molecule has 0 spiro atoms. The fraction of sp³-hybridized carbons (Fsp3) is 0.0800. The van der Waals surface area contributed by atoms with Gasteiger partial charge in [-0.3, -0.25) is 9.35 Å². The average Bonchev–Trinajstić information content (AvgIpc) is 2.84. The minimum Gasteiger partial charge on any atom is -0.870 e. The van der Waals surface area contributed by atoms with Crippen molar-refractivity contribution >= 4 is 67.1 Å². The van der Waals surface area contributed by atoms with Crippen LogP contribution in [0.3, 0.4) is 0 Å².